The summed E-state index contributed by atoms with van der Waals surface area (Å²) in [5.74, 6) is 0.123. The zero-order valence-corrected chi connectivity index (χ0v) is 17.9. The van der Waals surface area contributed by atoms with Crippen LogP contribution in [0.15, 0.2) is 0 Å². The van der Waals surface area contributed by atoms with Crippen LogP contribution in [0.1, 0.15) is 60.8 Å². The van der Waals surface area contributed by atoms with E-state index in [0.29, 0.717) is 52.4 Å². The average molecular weight is 387 g/mol. The van der Waals surface area contributed by atoms with E-state index in [-0.39, 0.29) is 29.4 Å². The Balaban J connectivity index is 3.47. The highest BCUT2D eigenvalue weighted by Crippen LogP contribution is 2.17. The Labute approximate surface area is 163 Å². The summed E-state index contributed by atoms with van der Waals surface area (Å²) in [5.41, 5.74) is -0.718. The van der Waals surface area contributed by atoms with Gasteiger partial charge >= 0.3 is 0 Å². The van der Waals surface area contributed by atoms with Crippen LogP contribution in [0.4, 0.5) is 0 Å². The van der Waals surface area contributed by atoms with Crippen molar-refractivity contribution in [2.45, 2.75) is 60.8 Å². The molecule has 0 unspecified atom stereocenters. The maximum absolute atomic E-state index is 11.8. The van der Waals surface area contributed by atoms with Crippen LogP contribution in [0.5, 0.6) is 0 Å². The number of hydrogen-bond acceptors (Lipinski definition) is 5. The molecule has 0 aromatic rings. The summed E-state index contributed by atoms with van der Waals surface area (Å²) < 4.78 is 10.7. The number of amides is 2. The monoisotopic (exact) mass is 386 g/mol. The Morgan fingerprint density at radius 1 is 0.704 bits per heavy atom. The van der Waals surface area contributed by atoms with Gasteiger partial charge in [-0.25, -0.2) is 0 Å². The molecule has 0 aliphatic carbocycles. The molecule has 0 aromatic heterocycles. The van der Waals surface area contributed by atoms with Crippen LogP contribution in [0.3, 0.4) is 0 Å². The quantitative estimate of drug-likeness (QED) is 0.473. The molecule has 0 rings (SSSR count). The molecular weight excluding hydrogens is 348 g/mol. The molecular formula is C20H38N2O5. The van der Waals surface area contributed by atoms with Crippen LogP contribution in [-0.2, 0) is 23.9 Å². The largest absolute Gasteiger partial charge is 0.379 e. The van der Waals surface area contributed by atoms with Gasteiger partial charge in [-0.05, 0) is 6.42 Å². The zero-order valence-electron chi connectivity index (χ0n) is 17.9. The number of rotatable bonds is 13. The van der Waals surface area contributed by atoms with Crippen molar-refractivity contribution < 1.29 is 23.9 Å². The van der Waals surface area contributed by atoms with Gasteiger partial charge in [-0.3, -0.25) is 14.4 Å². The topological polar surface area (TPSA) is 93.7 Å². The molecule has 0 spiro atoms. The first-order valence-electron chi connectivity index (χ1n) is 9.68. The van der Waals surface area contributed by atoms with Gasteiger partial charge in [0.15, 0.2) is 0 Å². The number of carbonyl (C=O) groups is 3. The first-order valence-corrected chi connectivity index (χ1v) is 9.68. The zero-order chi connectivity index (χ0) is 20.9. The minimum absolute atomic E-state index is 0.00358. The number of carbonyl (C=O) groups excluding carboxylic acids is 3. The minimum atomic E-state index is -0.397. The standard InChI is InChI=1S/C20H38N2O5/c1-19(2,3)16(23)8-7-10-21-17(24)9-12-26-14-15-27-13-11-22-18(25)20(4,5)6/h7-15H2,1-6H3,(H,21,24)(H,22,25). The molecule has 0 aliphatic heterocycles. The summed E-state index contributed by atoms with van der Waals surface area (Å²) in [7, 11) is 0. The lowest BCUT2D eigenvalue weighted by molar-refractivity contribution is -0.128. The lowest BCUT2D eigenvalue weighted by Gasteiger charge is -2.17. The third kappa shape index (κ3) is 14.3. The van der Waals surface area contributed by atoms with Crippen molar-refractivity contribution in [3.05, 3.63) is 0 Å². The second kappa shape index (κ2) is 12.8. The first kappa shape index (κ1) is 25.5. The summed E-state index contributed by atoms with van der Waals surface area (Å²) in [4.78, 5) is 35.0. The van der Waals surface area contributed by atoms with Crippen molar-refractivity contribution >= 4 is 17.6 Å². The SMILES string of the molecule is CC(C)(C)C(=O)CCCNC(=O)CCOCCOCCNC(=O)C(C)(C)C. The second-order valence-electron chi connectivity index (χ2n) is 8.61. The van der Waals surface area contributed by atoms with Gasteiger partial charge in [0.05, 0.1) is 26.4 Å². The van der Waals surface area contributed by atoms with E-state index in [2.05, 4.69) is 10.6 Å². The first-order chi connectivity index (χ1) is 12.4. The summed E-state index contributed by atoms with van der Waals surface area (Å²) in [6.45, 7) is 13.8. The molecule has 0 aromatic carbocycles. The van der Waals surface area contributed by atoms with E-state index >= 15 is 0 Å². The van der Waals surface area contributed by atoms with Gasteiger partial charge in [-0.15, -0.1) is 0 Å². The Kier molecular flexibility index (Phi) is 12.1. The van der Waals surface area contributed by atoms with Gasteiger partial charge < -0.3 is 20.1 Å². The summed E-state index contributed by atoms with van der Waals surface area (Å²) in [6.07, 6.45) is 1.42. The number of hydrogen-bond donors (Lipinski definition) is 2. The molecule has 0 heterocycles. The highest BCUT2D eigenvalue weighted by molar-refractivity contribution is 5.83. The molecule has 2 N–H and O–H groups in total. The maximum Gasteiger partial charge on any atom is 0.225 e. The molecule has 158 valence electrons. The van der Waals surface area contributed by atoms with Crippen molar-refractivity contribution in [1.29, 1.82) is 0 Å². The molecule has 7 nitrogen and oxygen atoms in total. The van der Waals surface area contributed by atoms with Crippen molar-refractivity contribution in [1.82, 2.24) is 10.6 Å². The summed E-state index contributed by atoms with van der Waals surface area (Å²) in [6, 6.07) is 0. The van der Waals surface area contributed by atoms with E-state index < -0.39 is 5.41 Å². The molecule has 0 saturated carbocycles. The Morgan fingerprint density at radius 2 is 1.30 bits per heavy atom. The lowest BCUT2D eigenvalue weighted by atomic mass is 9.88. The minimum Gasteiger partial charge on any atom is -0.379 e. The van der Waals surface area contributed by atoms with Gasteiger partial charge in [0.1, 0.15) is 5.78 Å². The molecule has 7 heteroatoms. The van der Waals surface area contributed by atoms with E-state index in [1.165, 1.54) is 0 Å². The van der Waals surface area contributed by atoms with E-state index in [1.54, 1.807) is 0 Å². The Hall–Kier alpha value is -1.47. The maximum atomic E-state index is 11.8. The highest BCUT2D eigenvalue weighted by Gasteiger charge is 2.20. The highest BCUT2D eigenvalue weighted by atomic mass is 16.5. The molecule has 2 amide bonds. The lowest BCUT2D eigenvalue weighted by Crippen LogP contribution is -2.36. The van der Waals surface area contributed by atoms with Crippen LogP contribution >= 0.6 is 0 Å². The van der Waals surface area contributed by atoms with Gasteiger partial charge in [-0.1, -0.05) is 41.5 Å². The van der Waals surface area contributed by atoms with E-state index in [1.807, 2.05) is 41.5 Å². The van der Waals surface area contributed by atoms with E-state index in [4.69, 9.17) is 9.47 Å². The van der Waals surface area contributed by atoms with Gasteiger partial charge in [0, 0.05) is 36.8 Å². The number of Topliss-reactive ketones (excluding diaryl/α,β-unsaturated/α-hetero) is 1. The third-order valence-electron chi connectivity index (χ3n) is 3.80. The second-order valence-corrected chi connectivity index (χ2v) is 8.61. The average Bonchev–Trinajstić information content (AvgIpc) is 2.54. The van der Waals surface area contributed by atoms with Crippen molar-refractivity contribution in [2.24, 2.45) is 10.8 Å². The fraction of sp³-hybridized carbons (Fsp3) is 0.850. The van der Waals surface area contributed by atoms with E-state index in [0.717, 1.165) is 0 Å². The van der Waals surface area contributed by atoms with Crippen molar-refractivity contribution in [3.63, 3.8) is 0 Å². The van der Waals surface area contributed by atoms with Gasteiger partial charge in [0.2, 0.25) is 11.8 Å². The van der Waals surface area contributed by atoms with Gasteiger partial charge in [-0.2, -0.15) is 0 Å². The van der Waals surface area contributed by atoms with Crippen LogP contribution < -0.4 is 10.6 Å². The normalized spacial score (nSPS) is 11.9. The van der Waals surface area contributed by atoms with Crippen LogP contribution in [0.2, 0.25) is 0 Å². The Morgan fingerprint density at radius 3 is 1.85 bits per heavy atom. The van der Waals surface area contributed by atoms with Gasteiger partial charge in [0.25, 0.3) is 0 Å². The van der Waals surface area contributed by atoms with Crippen LogP contribution in [-0.4, -0.2) is 57.1 Å². The predicted molar refractivity (Wildman–Crippen MR) is 105 cm³/mol. The van der Waals surface area contributed by atoms with Crippen LogP contribution in [0, 0.1) is 10.8 Å². The van der Waals surface area contributed by atoms with Crippen LogP contribution in [0.25, 0.3) is 0 Å². The fourth-order valence-electron chi connectivity index (χ4n) is 1.93. The van der Waals surface area contributed by atoms with Crippen molar-refractivity contribution in [2.75, 3.05) is 39.5 Å². The van der Waals surface area contributed by atoms with Crippen molar-refractivity contribution in [3.8, 4) is 0 Å². The molecule has 0 aliphatic rings. The third-order valence-corrected chi connectivity index (χ3v) is 3.80. The Bertz CT molecular complexity index is 464. The molecule has 27 heavy (non-hydrogen) atoms. The number of ether oxygens (including phenoxy) is 2. The number of ketones is 1. The summed E-state index contributed by atoms with van der Waals surface area (Å²) >= 11 is 0. The molecule has 0 saturated heterocycles. The summed E-state index contributed by atoms with van der Waals surface area (Å²) in [5, 5.41) is 5.59. The predicted octanol–water partition coefficient (Wildman–Crippen LogP) is 2.08. The fourth-order valence-corrected chi connectivity index (χ4v) is 1.93. The molecule has 0 radical (unpaired) electrons. The smallest absolute Gasteiger partial charge is 0.225 e. The van der Waals surface area contributed by atoms with E-state index in [9.17, 15) is 14.4 Å². The number of nitrogens with one attached hydrogen (secondary N) is 2. The molecule has 0 fully saturated rings. The molecule has 0 atom stereocenters. The molecule has 0 bridgehead atoms.